The van der Waals surface area contributed by atoms with E-state index in [4.69, 9.17) is 14.2 Å². The van der Waals surface area contributed by atoms with Crippen molar-refractivity contribution < 1.29 is 23.8 Å². The summed E-state index contributed by atoms with van der Waals surface area (Å²) < 4.78 is 17.3. The first-order chi connectivity index (χ1) is 22.1. The first kappa shape index (κ1) is 32.6. The highest BCUT2D eigenvalue weighted by Gasteiger charge is 2.42. The second kappa shape index (κ2) is 14.1. The van der Waals surface area contributed by atoms with Gasteiger partial charge in [-0.15, -0.1) is 0 Å². The predicted octanol–water partition coefficient (Wildman–Crippen LogP) is 7.66. The van der Waals surface area contributed by atoms with Crippen molar-refractivity contribution in [3.05, 3.63) is 118 Å². The summed E-state index contributed by atoms with van der Waals surface area (Å²) in [7, 11) is 5.02. The zero-order valence-electron chi connectivity index (χ0n) is 27.9. The summed E-state index contributed by atoms with van der Waals surface area (Å²) in [5, 5.41) is 0. The highest BCUT2D eigenvalue weighted by atomic mass is 16.5. The van der Waals surface area contributed by atoms with Gasteiger partial charge in [-0.2, -0.15) is 0 Å². The molecule has 0 bridgehead atoms. The fraction of sp³-hybridized carbons (Fsp3) is 0.333. The Morgan fingerprint density at radius 3 is 2.17 bits per heavy atom. The van der Waals surface area contributed by atoms with Gasteiger partial charge in [-0.3, -0.25) is 9.59 Å². The van der Waals surface area contributed by atoms with E-state index < -0.39 is 12.0 Å². The number of methoxy groups -OCH3 is 2. The van der Waals surface area contributed by atoms with Crippen LogP contribution in [0.5, 0.6) is 17.2 Å². The number of carbonyl (C=O) groups is 2. The van der Waals surface area contributed by atoms with Crippen LogP contribution in [-0.4, -0.2) is 38.0 Å². The van der Waals surface area contributed by atoms with E-state index in [9.17, 15) is 9.59 Å². The third-order valence-electron chi connectivity index (χ3n) is 8.76. The van der Waals surface area contributed by atoms with Gasteiger partial charge >= 0.3 is 0 Å². The molecule has 2 unspecified atom stereocenters. The number of piperidine rings is 1. The minimum Gasteiger partial charge on any atom is -0.493 e. The predicted molar refractivity (Wildman–Crippen MR) is 182 cm³/mol. The second-order valence-electron chi connectivity index (χ2n) is 12.3. The molecule has 0 spiro atoms. The number of benzene rings is 4. The van der Waals surface area contributed by atoms with E-state index in [0.717, 1.165) is 44.8 Å². The molecule has 7 nitrogen and oxygen atoms in total. The molecule has 2 amide bonds. The number of carbonyl (C=O) groups excluding carboxylic acids is 2. The van der Waals surface area contributed by atoms with Crippen molar-refractivity contribution in [2.75, 3.05) is 26.2 Å². The lowest BCUT2D eigenvalue weighted by molar-refractivity contribution is -0.137. The van der Waals surface area contributed by atoms with Gasteiger partial charge in [0.25, 0.3) is 0 Å². The van der Waals surface area contributed by atoms with Gasteiger partial charge < -0.3 is 24.0 Å². The summed E-state index contributed by atoms with van der Waals surface area (Å²) in [4.78, 5) is 31.5. The van der Waals surface area contributed by atoms with Crippen LogP contribution in [0.1, 0.15) is 57.8 Å². The van der Waals surface area contributed by atoms with Crippen LogP contribution in [0.4, 0.5) is 5.69 Å². The van der Waals surface area contributed by atoms with E-state index in [0.29, 0.717) is 31.1 Å². The Balaban J connectivity index is 1.42. The standard InChI is InChI=1S/C39H44N2O5/c1-25-11-14-32(15-12-25)41-36(42)18-16-33(37(41)31-13-17-34(44-6)35(22-31)45-7)39(43)40(5)23-30-20-27(3)38(28(4)21-30)46-24-29-10-8-9-26(2)19-29/h8-15,17,19-22,33,37H,16,18,23-24H2,1-7H3. The van der Waals surface area contributed by atoms with Crippen LogP contribution < -0.4 is 19.1 Å². The van der Waals surface area contributed by atoms with Crippen molar-refractivity contribution in [2.45, 2.75) is 59.7 Å². The number of ether oxygens (including phenoxy) is 3. The van der Waals surface area contributed by atoms with Gasteiger partial charge in [0.1, 0.15) is 12.4 Å². The van der Waals surface area contributed by atoms with Gasteiger partial charge in [-0.25, -0.2) is 0 Å². The van der Waals surface area contributed by atoms with Crippen LogP contribution in [0.2, 0.25) is 0 Å². The zero-order valence-corrected chi connectivity index (χ0v) is 27.9. The van der Waals surface area contributed by atoms with E-state index in [-0.39, 0.29) is 18.2 Å². The van der Waals surface area contributed by atoms with Gasteiger partial charge in [0.05, 0.1) is 26.2 Å². The maximum Gasteiger partial charge on any atom is 0.228 e. The highest BCUT2D eigenvalue weighted by Crippen LogP contribution is 2.43. The maximum atomic E-state index is 14.3. The number of hydrogen-bond donors (Lipinski definition) is 0. The van der Waals surface area contributed by atoms with Gasteiger partial charge in [0, 0.05) is 25.7 Å². The van der Waals surface area contributed by atoms with E-state index >= 15 is 0 Å². The third-order valence-corrected chi connectivity index (χ3v) is 8.76. The van der Waals surface area contributed by atoms with Crippen molar-refractivity contribution in [1.29, 1.82) is 0 Å². The van der Waals surface area contributed by atoms with E-state index in [1.807, 2.05) is 76.3 Å². The minimum absolute atomic E-state index is 0.0113. The van der Waals surface area contributed by atoms with Crippen LogP contribution >= 0.6 is 0 Å². The smallest absolute Gasteiger partial charge is 0.228 e. The molecule has 1 heterocycles. The number of hydrogen-bond acceptors (Lipinski definition) is 5. The normalized spacial score (nSPS) is 16.2. The van der Waals surface area contributed by atoms with Crippen LogP contribution in [0.25, 0.3) is 0 Å². The van der Waals surface area contributed by atoms with E-state index in [1.54, 1.807) is 24.0 Å². The molecule has 1 aliphatic heterocycles. The van der Waals surface area contributed by atoms with Crippen molar-refractivity contribution in [1.82, 2.24) is 4.90 Å². The van der Waals surface area contributed by atoms with E-state index in [2.05, 4.69) is 37.3 Å². The number of anilines is 1. The van der Waals surface area contributed by atoms with E-state index in [1.165, 1.54) is 5.56 Å². The Morgan fingerprint density at radius 1 is 0.826 bits per heavy atom. The largest absolute Gasteiger partial charge is 0.493 e. The highest BCUT2D eigenvalue weighted by molar-refractivity contribution is 5.97. The average molecular weight is 621 g/mol. The number of nitrogens with zero attached hydrogens (tertiary/aromatic N) is 2. The van der Waals surface area contributed by atoms with Gasteiger partial charge in [-0.1, -0.05) is 65.7 Å². The van der Waals surface area contributed by atoms with Gasteiger partial charge in [-0.05, 0) is 86.2 Å². The topological polar surface area (TPSA) is 68.3 Å². The summed E-state index contributed by atoms with van der Waals surface area (Å²) in [5.74, 6) is 1.53. The maximum absolute atomic E-state index is 14.3. The Morgan fingerprint density at radius 2 is 1.52 bits per heavy atom. The fourth-order valence-electron chi connectivity index (χ4n) is 6.53. The summed E-state index contributed by atoms with van der Waals surface area (Å²) in [6.07, 6.45) is 0.736. The molecule has 4 aromatic carbocycles. The Hall–Kier alpha value is -4.78. The van der Waals surface area contributed by atoms with Crippen LogP contribution in [0.15, 0.2) is 78.9 Å². The second-order valence-corrected chi connectivity index (χ2v) is 12.3. The van der Waals surface area contributed by atoms with Crippen LogP contribution in [0.3, 0.4) is 0 Å². The molecule has 0 aliphatic carbocycles. The molecule has 1 saturated heterocycles. The van der Waals surface area contributed by atoms with Crippen LogP contribution in [0, 0.1) is 33.6 Å². The van der Waals surface area contributed by atoms with Crippen molar-refractivity contribution in [3.63, 3.8) is 0 Å². The van der Waals surface area contributed by atoms with Gasteiger partial charge in [0.15, 0.2) is 11.5 Å². The lowest BCUT2D eigenvalue weighted by Gasteiger charge is -2.42. The molecule has 0 N–H and O–H groups in total. The molecule has 4 aromatic rings. The molecular formula is C39H44N2O5. The molecule has 240 valence electrons. The molecular weight excluding hydrogens is 576 g/mol. The van der Waals surface area contributed by atoms with Crippen molar-refractivity contribution in [2.24, 2.45) is 5.92 Å². The first-order valence-corrected chi connectivity index (χ1v) is 15.7. The monoisotopic (exact) mass is 620 g/mol. The molecule has 0 radical (unpaired) electrons. The van der Waals surface area contributed by atoms with Crippen LogP contribution in [-0.2, 0) is 22.7 Å². The Labute approximate surface area is 272 Å². The first-order valence-electron chi connectivity index (χ1n) is 15.7. The molecule has 0 aromatic heterocycles. The number of aryl methyl sites for hydroxylation is 4. The third kappa shape index (κ3) is 7.04. The molecule has 2 atom stereocenters. The molecule has 46 heavy (non-hydrogen) atoms. The minimum atomic E-state index is -0.514. The SMILES string of the molecule is COc1ccc(C2C(C(=O)N(C)Cc3cc(C)c(OCc4cccc(C)c4)c(C)c3)CCC(=O)N2c2ccc(C)cc2)cc1OC. The molecule has 1 aliphatic rings. The molecule has 5 rings (SSSR count). The molecule has 0 saturated carbocycles. The van der Waals surface area contributed by atoms with Crippen molar-refractivity contribution >= 4 is 17.5 Å². The summed E-state index contributed by atoms with van der Waals surface area (Å²) in [5.41, 5.74) is 8.10. The summed E-state index contributed by atoms with van der Waals surface area (Å²) >= 11 is 0. The summed E-state index contributed by atoms with van der Waals surface area (Å²) in [6.45, 7) is 9.12. The lowest BCUT2D eigenvalue weighted by Crippen LogP contribution is -2.48. The summed E-state index contributed by atoms with van der Waals surface area (Å²) in [6, 6.07) is 25.5. The number of rotatable bonds is 10. The number of amides is 2. The zero-order chi connectivity index (χ0) is 33.0. The lowest BCUT2D eigenvalue weighted by atomic mass is 9.82. The van der Waals surface area contributed by atoms with Gasteiger partial charge in [0.2, 0.25) is 11.8 Å². The average Bonchev–Trinajstić information content (AvgIpc) is 3.04. The van der Waals surface area contributed by atoms with Crippen molar-refractivity contribution in [3.8, 4) is 17.2 Å². The Bertz CT molecular complexity index is 1690. The quantitative estimate of drug-likeness (QED) is 0.182. The Kier molecular flexibility index (Phi) is 10.0. The fourth-order valence-corrected chi connectivity index (χ4v) is 6.53. The molecule has 1 fully saturated rings. The molecule has 7 heteroatoms.